The molecule has 2 aromatic carbocycles. The van der Waals surface area contributed by atoms with E-state index in [9.17, 15) is 9.59 Å². The van der Waals surface area contributed by atoms with Crippen molar-refractivity contribution in [1.29, 1.82) is 0 Å². The van der Waals surface area contributed by atoms with E-state index in [1.165, 1.54) is 0 Å². The van der Waals surface area contributed by atoms with Gasteiger partial charge in [0.15, 0.2) is 12.1 Å². The number of hydrogen-bond donors (Lipinski definition) is 0. The van der Waals surface area contributed by atoms with Gasteiger partial charge in [-0.25, -0.2) is 0 Å². The van der Waals surface area contributed by atoms with E-state index in [1.54, 1.807) is 34.7 Å². The average molecular weight is 397 g/mol. The van der Waals surface area contributed by atoms with Crippen LogP contribution in [0, 0.1) is 0 Å². The Kier molecular flexibility index (Phi) is 4.75. The molecule has 0 unspecified atom stereocenters. The van der Waals surface area contributed by atoms with Crippen molar-refractivity contribution in [2.45, 2.75) is 6.29 Å². The summed E-state index contributed by atoms with van der Waals surface area (Å²) in [6.45, 7) is 0.972. The van der Waals surface area contributed by atoms with Gasteiger partial charge in [0, 0.05) is 16.7 Å². The highest BCUT2D eigenvalue weighted by Gasteiger charge is 2.27. The number of ketones is 2. The summed E-state index contributed by atoms with van der Waals surface area (Å²) in [5.74, 6) is -0.297. The summed E-state index contributed by atoms with van der Waals surface area (Å²) in [6, 6.07) is 25.4. The molecule has 0 amide bonds. The molecule has 4 aromatic rings. The number of aromatic nitrogens is 1. The Balaban J connectivity index is 1.73. The number of nitrogens with zero attached hydrogens (tertiary/aromatic N) is 1. The SMILES string of the molecule is O=C(c1ccccc1)c1cc(C(=O)c2ccccc2)n2c(C3OCCO3)cccc12. The van der Waals surface area contributed by atoms with E-state index in [0.717, 1.165) is 0 Å². The van der Waals surface area contributed by atoms with E-state index in [4.69, 9.17) is 9.47 Å². The van der Waals surface area contributed by atoms with Crippen LogP contribution in [0.2, 0.25) is 0 Å². The lowest BCUT2D eigenvalue weighted by atomic mass is 10.0. The molecule has 0 atom stereocenters. The molecule has 1 aliphatic rings. The van der Waals surface area contributed by atoms with Gasteiger partial charge in [-0.1, -0.05) is 66.7 Å². The second-order valence-electron chi connectivity index (χ2n) is 7.08. The van der Waals surface area contributed by atoms with Crippen molar-refractivity contribution in [3.63, 3.8) is 0 Å². The Hall–Kier alpha value is -3.54. The third kappa shape index (κ3) is 3.14. The molecule has 148 valence electrons. The Morgan fingerprint density at radius 2 is 1.33 bits per heavy atom. The average Bonchev–Trinajstić information content (AvgIpc) is 3.48. The van der Waals surface area contributed by atoms with Gasteiger partial charge in [0.25, 0.3) is 0 Å². The summed E-state index contributed by atoms with van der Waals surface area (Å²) in [5.41, 5.74) is 3.35. The van der Waals surface area contributed by atoms with E-state index >= 15 is 0 Å². The molecule has 1 fully saturated rings. The molecule has 0 aliphatic carbocycles. The molecule has 0 saturated carbocycles. The number of pyridine rings is 1. The summed E-state index contributed by atoms with van der Waals surface area (Å²) in [7, 11) is 0. The Morgan fingerprint density at radius 3 is 1.97 bits per heavy atom. The van der Waals surface area contributed by atoms with Crippen LogP contribution in [0.5, 0.6) is 0 Å². The van der Waals surface area contributed by atoms with Crippen LogP contribution in [-0.4, -0.2) is 29.2 Å². The highest BCUT2D eigenvalue weighted by Crippen LogP contribution is 2.30. The van der Waals surface area contributed by atoms with Crippen LogP contribution in [0.15, 0.2) is 84.9 Å². The van der Waals surface area contributed by atoms with Crippen molar-refractivity contribution in [3.8, 4) is 0 Å². The molecule has 0 spiro atoms. The maximum Gasteiger partial charge on any atom is 0.209 e. The zero-order chi connectivity index (χ0) is 20.5. The fourth-order valence-electron chi connectivity index (χ4n) is 3.82. The van der Waals surface area contributed by atoms with E-state index < -0.39 is 6.29 Å². The number of fused-ring (bicyclic) bond motifs is 1. The standard InChI is InChI=1S/C25H19NO4/c27-23(17-8-3-1-4-9-17)19-16-22(24(28)18-10-5-2-6-11-18)26-20(19)12-7-13-21(26)25-29-14-15-30-25/h1-13,16,25H,14-15H2. The highest BCUT2D eigenvalue weighted by molar-refractivity contribution is 6.17. The maximum atomic E-state index is 13.4. The molecule has 0 bridgehead atoms. The highest BCUT2D eigenvalue weighted by atomic mass is 16.7. The Bertz CT molecular complexity index is 1220. The maximum absolute atomic E-state index is 13.4. The number of benzene rings is 2. The lowest BCUT2D eigenvalue weighted by molar-refractivity contribution is -0.0481. The zero-order valence-corrected chi connectivity index (χ0v) is 16.2. The van der Waals surface area contributed by atoms with Crippen molar-refractivity contribution < 1.29 is 19.1 Å². The fourth-order valence-corrected chi connectivity index (χ4v) is 3.82. The largest absolute Gasteiger partial charge is 0.345 e. The molecule has 5 rings (SSSR count). The molecular weight excluding hydrogens is 378 g/mol. The normalized spacial score (nSPS) is 14.3. The third-order valence-corrected chi connectivity index (χ3v) is 5.23. The van der Waals surface area contributed by atoms with E-state index in [-0.39, 0.29) is 11.6 Å². The van der Waals surface area contributed by atoms with Gasteiger partial charge in [-0.2, -0.15) is 0 Å². The molecule has 5 nitrogen and oxygen atoms in total. The van der Waals surface area contributed by atoms with Crippen molar-refractivity contribution in [1.82, 2.24) is 4.40 Å². The molecular formula is C25H19NO4. The van der Waals surface area contributed by atoms with E-state index in [1.807, 2.05) is 54.6 Å². The summed E-state index contributed by atoms with van der Waals surface area (Å²) in [5, 5.41) is 0. The summed E-state index contributed by atoms with van der Waals surface area (Å²) in [4.78, 5) is 26.7. The van der Waals surface area contributed by atoms with Crippen LogP contribution in [-0.2, 0) is 9.47 Å². The minimum absolute atomic E-state index is 0.134. The third-order valence-electron chi connectivity index (χ3n) is 5.23. The van der Waals surface area contributed by atoms with Crippen molar-refractivity contribution in [2.75, 3.05) is 13.2 Å². The first kappa shape index (κ1) is 18.5. The van der Waals surface area contributed by atoms with Gasteiger partial charge in [-0.3, -0.25) is 9.59 Å². The molecule has 1 aliphatic heterocycles. The monoisotopic (exact) mass is 397 g/mol. The minimum Gasteiger partial charge on any atom is -0.345 e. The topological polar surface area (TPSA) is 57.0 Å². The lowest BCUT2D eigenvalue weighted by Crippen LogP contribution is -2.11. The smallest absolute Gasteiger partial charge is 0.209 e. The first-order chi connectivity index (χ1) is 14.7. The first-order valence-corrected chi connectivity index (χ1v) is 9.81. The van der Waals surface area contributed by atoms with Crippen LogP contribution in [0.1, 0.15) is 44.0 Å². The number of hydrogen-bond acceptors (Lipinski definition) is 4. The number of ether oxygens (including phenoxy) is 2. The Labute approximate surface area is 173 Å². The van der Waals surface area contributed by atoms with Gasteiger partial charge >= 0.3 is 0 Å². The van der Waals surface area contributed by atoms with Crippen molar-refractivity contribution in [3.05, 3.63) is 113 Å². The van der Waals surface area contributed by atoms with Crippen LogP contribution in [0.25, 0.3) is 5.52 Å². The zero-order valence-electron chi connectivity index (χ0n) is 16.2. The second kappa shape index (κ2) is 7.71. The summed E-state index contributed by atoms with van der Waals surface area (Å²) >= 11 is 0. The number of rotatable bonds is 5. The van der Waals surface area contributed by atoms with Crippen LogP contribution >= 0.6 is 0 Å². The van der Waals surface area contributed by atoms with Crippen molar-refractivity contribution in [2.24, 2.45) is 0 Å². The predicted molar refractivity (Wildman–Crippen MR) is 112 cm³/mol. The molecule has 0 radical (unpaired) electrons. The fraction of sp³-hybridized carbons (Fsp3) is 0.120. The lowest BCUT2D eigenvalue weighted by Gasteiger charge is -2.14. The first-order valence-electron chi connectivity index (χ1n) is 9.81. The minimum atomic E-state index is -0.580. The summed E-state index contributed by atoms with van der Waals surface area (Å²) < 4.78 is 13.2. The van der Waals surface area contributed by atoms with E-state index in [2.05, 4.69) is 0 Å². The van der Waals surface area contributed by atoms with Gasteiger partial charge in [0.05, 0.1) is 30.1 Å². The van der Waals surface area contributed by atoms with Gasteiger partial charge in [-0.05, 0) is 18.2 Å². The molecule has 1 saturated heterocycles. The summed E-state index contributed by atoms with van der Waals surface area (Å²) in [6.07, 6.45) is -0.580. The predicted octanol–water partition coefficient (Wildman–Crippen LogP) is 4.45. The second-order valence-corrected chi connectivity index (χ2v) is 7.08. The van der Waals surface area contributed by atoms with E-state index in [0.29, 0.717) is 46.8 Å². The van der Waals surface area contributed by atoms with Gasteiger partial charge in [-0.15, -0.1) is 0 Å². The Morgan fingerprint density at radius 1 is 0.733 bits per heavy atom. The molecule has 3 heterocycles. The van der Waals surface area contributed by atoms with Crippen LogP contribution in [0.4, 0.5) is 0 Å². The quantitative estimate of drug-likeness (QED) is 0.467. The number of carbonyl (C=O) groups is 2. The van der Waals surface area contributed by atoms with Crippen molar-refractivity contribution >= 4 is 17.1 Å². The molecule has 0 N–H and O–H groups in total. The van der Waals surface area contributed by atoms with Gasteiger partial charge in [0.2, 0.25) is 5.78 Å². The molecule has 2 aromatic heterocycles. The van der Waals surface area contributed by atoms with Gasteiger partial charge in [0.1, 0.15) is 0 Å². The molecule has 5 heteroatoms. The van der Waals surface area contributed by atoms with Gasteiger partial charge < -0.3 is 13.9 Å². The number of carbonyl (C=O) groups excluding carboxylic acids is 2. The van der Waals surface area contributed by atoms with Crippen LogP contribution in [0.3, 0.4) is 0 Å². The molecule has 30 heavy (non-hydrogen) atoms. The van der Waals surface area contributed by atoms with Crippen LogP contribution < -0.4 is 0 Å².